The lowest BCUT2D eigenvalue weighted by molar-refractivity contribution is -0.128. The molecule has 1 N–H and O–H groups in total. The average molecular weight is 263 g/mol. The zero-order valence-electron chi connectivity index (χ0n) is 12.6. The maximum absolute atomic E-state index is 12.0. The Balaban J connectivity index is 2.60. The summed E-state index contributed by atoms with van der Waals surface area (Å²) in [4.78, 5) is 12.0. The van der Waals surface area contributed by atoms with Crippen LogP contribution in [0.15, 0.2) is 18.2 Å². The molecule has 0 spiro atoms. The zero-order chi connectivity index (χ0) is 14.4. The van der Waals surface area contributed by atoms with Crippen LogP contribution >= 0.6 is 0 Å². The molecule has 1 rings (SSSR count). The van der Waals surface area contributed by atoms with Gasteiger partial charge in [-0.3, -0.25) is 4.79 Å². The van der Waals surface area contributed by atoms with Crippen molar-refractivity contribution in [1.82, 2.24) is 5.32 Å². The molecule has 0 aliphatic heterocycles. The SMILES string of the molecule is CCC(CC)NC(=O)C(C)Oc1ccc(C)c(C)c1. The summed E-state index contributed by atoms with van der Waals surface area (Å²) in [5.41, 5.74) is 2.39. The number of aryl methyl sites for hydroxylation is 2. The summed E-state index contributed by atoms with van der Waals surface area (Å²) < 4.78 is 5.69. The second-order valence-electron chi connectivity index (χ2n) is 5.03. The highest BCUT2D eigenvalue weighted by Gasteiger charge is 2.17. The fourth-order valence-corrected chi connectivity index (χ4v) is 1.86. The van der Waals surface area contributed by atoms with Crippen molar-refractivity contribution in [3.63, 3.8) is 0 Å². The molecule has 0 fully saturated rings. The molecule has 1 amide bonds. The number of amides is 1. The number of nitrogens with one attached hydrogen (secondary N) is 1. The third-order valence-corrected chi connectivity index (χ3v) is 3.49. The quantitative estimate of drug-likeness (QED) is 0.854. The summed E-state index contributed by atoms with van der Waals surface area (Å²) in [6.45, 7) is 10.0. The lowest BCUT2D eigenvalue weighted by Crippen LogP contribution is -2.42. The first kappa shape index (κ1) is 15.5. The number of hydrogen-bond donors (Lipinski definition) is 1. The van der Waals surface area contributed by atoms with Gasteiger partial charge in [0.15, 0.2) is 6.10 Å². The molecule has 0 saturated heterocycles. The normalized spacial score (nSPS) is 12.3. The van der Waals surface area contributed by atoms with Gasteiger partial charge in [0.1, 0.15) is 5.75 Å². The number of benzene rings is 1. The van der Waals surface area contributed by atoms with Crippen molar-refractivity contribution in [3.05, 3.63) is 29.3 Å². The van der Waals surface area contributed by atoms with Crippen LogP contribution in [0.5, 0.6) is 5.75 Å². The van der Waals surface area contributed by atoms with Gasteiger partial charge in [-0.1, -0.05) is 19.9 Å². The zero-order valence-corrected chi connectivity index (χ0v) is 12.6. The predicted octanol–water partition coefficient (Wildman–Crippen LogP) is 3.38. The Hall–Kier alpha value is -1.51. The van der Waals surface area contributed by atoms with Crippen molar-refractivity contribution in [2.75, 3.05) is 0 Å². The van der Waals surface area contributed by atoms with Crippen molar-refractivity contribution >= 4 is 5.91 Å². The van der Waals surface area contributed by atoms with E-state index >= 15 is 0 Å². The fraction of sp³-hybridized carbons (Fsp3) is 0.562. The van der Waals surface area contributed by atoms with E-state index in [2.05, 4.69) is 26.1 Å². The third kappa shape index (κ3) is 4.58. The number of carbonyl (C=O) groups is 1. The van der Waals surface area contributed by atoms with E-state index in [0.29, 0.717) is 0 Å². The molecule has 0 heterocycles. The van der Waals surface area contributed by atoms with Gasteiger partial charge in [-0.15, -0.1) is 0 Å². The smallest absolute Gasteiger partial charge is 0.260 e. The van der Waals surface area contributed by atoms with Crippen LogP contribution in [0.2, 0.25) is 0 Å². The summed E-state index contributed by atoms with van der Waals surface area (Å²) >= 11 is 0. The monoisotopic (exact) mass is 263 g/mol. The summed E-state index contributed by atoms with van der Waals surface area (Å²) in [5, 5.41) is 3.00. The Morgan fingerprint density at radius 2 is 1.84 bits per heavy atom. The van der Waals surface area contributed by atoms with E-state index in [1.807, 2.05) is 25.1 Å². The summed E-state index contributed by atoms with van der Waals surface area (Å²) in [6.07, 6.45) is 1.42. The highest BCUT2D eigenvalue weighted by atomic mass is 16.5. The fourth-order valence-electron chi connectivity index (χ4n) is 1.86. The topological polar surface area (TPSA) is 38.3 Å². The molecule has 106 valence electrons. The Morgan fingerprint density at radius 3 is 2.37 bits per heavy atom. The molecule has 0 aliphatic carbocycles. The highest BCUT2D eigenvalue weighted by Crippen LogP contribution is 2.17. The van der Waals surface area contributed by atoms with Crippen LogP contribution in [0.25, 0.3) is 0 Å². The minimum Gasteiger partial charge on any atom is -0.481 e. The van der Waals surface area contributed by atoms with E-state index in [9.17, 15) is 4.79 Å². The van der Waals surface area contributed by atoms with E-state index in [-0.39, 0.29) is 11.9 Å². The van der Waals surface area contributed by atoms with Crippen LogP contribution in [0.1, 0.15) is 44.7 Å². The van der Waals surface area contributed by atoms with Gasteiger partial charge in [0.05, 0.1) is 0 Å². The van der Waals surface area contributed by atoms with Gasteiger partial charge in [0.25, 0.3) is 5.91 Å². The van der Waals surface area contributed by atoms with Gasteiger partial charge in [0.2, 0.25) is 0 Å². The second kappa shape index (κ2) is 7.17. The van der Waals surface area contributed by atoms with Crippen LogP contribution in [0, 0.1) is 13.8 Å². The van der Waals surface area contributed by atoms with Crippen molar-refractivity contribution in [2.45, 2.75) is 59.6 Å². The van der Waals surface area contributed by atoms with Crippen molar-refractivity contribution in [2.24, 2.45) is 0 Å². The Bertz CT molecular complexity index is 425. The first-order valence-electron chi connectivity index (χ1n) is 7.02. The van der Waals surface area contributed by atoms with Crippen molar-refractivity contribution in [1.29, 1.82) is 0 Å². The summed E-state index contributed by atoms with van der Waals surface area (Å²) in [5.74, 6) is 0.697. The number of ether oxygens (including phenoxy) is 1. The molecule has 0 aliphatic rings. The molecule has 3 nitrogen and oxygen atoms in total. The Morgan fingerprint density at radius 1 is 1.21 bits per heavy atom. The lowest BCUT2D eigenvalue weighted by atomic mass is 10.1. The van der Waals surface area contributed by atoms with Crippen molar-refractivity contribution in [3.8, 4) is 5.75 Å². The van der Waals surface area contributed by atoms with Crippen LogP contribution in [0.3, 0.4) is 0 Å². The van der Waals surface area contributed by atoms with Gasteiger partial charge in [0, 0.05) is 6.04 Å². The molecule has 1 atom stereocenters. The summed E-state index contributed by atoms with van der Waals surface area (Å²) in [7, 11) is 0. The van der Waals surface area contributed by atoms with E-state index in [4.69, 9.17) is 4.74 Å². The second-order valence-corrected chi connectivity index (χ2v) is 5.03. The molecule has 3 heteroatoms. The first-order chi connectivity index (χ1) is 8.97. The number of hydrogen-bond acceptors (Lipinski definition) is 2. The molecule has 0 bridgehead atoms. The predicted molar refractivity (Wildman–Crippen MR) is 78.5 cm³/mol. The van der Waals surface area contributed by atoms with E-state index in [1.165, 1.54) is 11.1 Å². The first-order valence-corrected chi connectivity index (χ1v) is 7.02. The number of carbonyl (C=O) groups excluding carboxylic acids is 1. The molecule has 0 aromatic heterocycles. The maximum atomic E-state index is 12.0. The lowest BCUT2D eigenvalue weighted by Gasteiger charge is -2.19. The Kier molecular flexibility index (Phi) is 5.87. The van der Waals surface area contributed by atoms with Crippen LogP contribution in [-0.2, 0) is 4.79 Å². The van der Waals surface area contributed by atoms with E-state index < -0.39 is 6.10 Å². The van der Waals surface area contributed by atoms with Gasteiger partial charge in [-0.25, -0.2) is 0 Å². The molecular formula is C16H25NO2. The van der Waals surface area contributed by atoms with Gasteiger partial charge < -0.3 is 10.1 Å². The van der Waals surface area contributed by atoms with Crippen LogP contribution in [-0.4, -0.2) is 18.1 Å². The maximum Gasteiger partial charge on any atom is 0.260 e. The molecule has 1 unspecified atom stereocenters. The minimum absolute atomic E-state index is 0.0491. The molecule has 0 radical (unpaired) electrons. The minimum atomic E-state index is -0.470. The molecule has 19 heavy (non-hydrogen) atoms. The largest absolute Gasteiger partial charge is 0.481 e. The third-order valence-electron chi connectivity index (χ3n) is 3.49. The van der Waals surface area contributed by atoms with Crippen LogP contribution < -0.4 is 10.1 Å². The number of rotatable bonds is 6. The van der Waals surface area contributed by atoms with E-state index in [1.54, 1.807) is 6.92 Å². The van der Waals surface area contributed by atoms with Crippen LogP contribution in [0.4, 0.5) is 0 Å². The summed E-state index contributed by atoms with van der Waals surface area (Å²) in [6, 6.07) is 6.12. The molecular weight excluding hydrogens is 238 g/mol. The van der Waals surface area contributed by atoms with Gasteiger partial charge in [-0.05, 0) is 56.9 Å². The Labute approximate surface area is 116 Å². The molecule has 1 aromatic rings. The van der Waals surface area contributed by atoms with Crippen molar-refractivity contribution < 1.29 is 9.53 Å². The van der Waals surface area contributed by atoms with Gasteiger partial charge in [-0.2, -0.15) is 0 Å². The van der Waals surface area contributed by atoms with Gasteiger partial charge >= 0.3 is 0 Å². The standard InChI is InChI=1S/C16H25NO2/c1-6-14(7-2)17-16(18)13(5)19-15-9-8-11(3)12(4)10-15/h8-10,13-14H,6-7H2,1-5H3,(H,17,18). The van der Waals surface area contributed by atoms with E-state index in [0.717, 1.165) is 18.6 Å². The average Bonchev–Trinajstić information content (AvgIpc) is 2.39. The molecule has 0 saturated carbocycles. The molecule has 1 aromatic carbocycles. The highest BCUT2D eigenvalue weighted by molar-refractivity contribution is 5.81.